The van der Waals surface area contributed by atoms with Crippen molar-refractivity contribution in [3.63, 3.8) is 0 Å². The largest absolute Gasteiger partial charge is 0.111 e. The van der Waals surface area contributed by atoms with Gasteiger partial charge in [0.25, 0.3) is 0 Å². The molecule has 1 aromatic carbocycles. The SMILES string of the molecule is CCCC[Si](C)(C1=C(C)C(C)=CC1)c1cc(C)cc(C)c1. The predicted octanol–water partition coefficient (Wildman–Crippen LogP) is 5.59. The lowest BCUT2D eigenvalue weighted by atomic mass is 10.2. The third-order valence-corrected chi connectivity index (χ3v) is 10.0. The average Bonchev–Trinajstić information content (AvgIpc) is 2.76. The van der Waals surface area contributed by atoms with E-state index in [-0.39, 0.29) is 0 Å². The highest BCUT2D eigenvalue weighted by atomic mass is 28.3. The summed E-state index contributed by atoms with van der Waals surface area (Å²) in [6.45, 7) is 14.0. The van der Waals surface area contributed by atoms with E-state index in [2.05, 4.69) is 65.4 Å². The van der Waals surface area contributed by atoms with Crippen LogP contribution in [0.15, 0.2) is 40.6 Å². The van der Waals surface area contributed by atoms with Crippen molar-refractivity contribution >= 4 is 13.3 Å². The number of allylic oxidation sites excluding steroid dienone is 4. The summed E-state index contributed by atoms with van der Waals surface area (Å²) < 4.78 is 0. The van der Waals surface area contributed by atoms with Gasteiger partial charge in [-0.2, -0.15) is 0 Å². The molecule has 0 heterocycles. The van der Waals surface area contributed by atoms with Crippen LogP contribution < -0.4 is 5.19 Å². The molecule has 1 unspecified atom stereocenters. The Kier molecular flexibility index (Phi) is 4.93. The summed E-state index contributed by atoms with van der Waals surface area (Å²) in [5.41, 5.74) is 5.92. The third-order valence-electron chi connectivity index (χ3n) is 5.21. The van der Waals surface area contributed by atoms with Crippen molar-refractivity contribution < 1.29 is 0 Å². The maximum atomic E-state index is 2.60. The van der Waals surface area contributed by atoms with Crippen LogP contribution >= 0.6 is 0 Å². The molecule has 1 atom stereocenters. The molecule has 2 rings (SSSR count). The maximum absolute atomic E-state index is 2.60. The zero-order chi connectivity index (χ0) is 15.6. The van der Waals surface area contributed by atoms with Crippen LogP contribution in [0, 0.1) is 13.8 Å². The van der Waals surface area contributed by atoms with Gasteiger partial charge in [0.2, 0.25) is 0 Å². The number of unbranched alkanes of at least 4 members (excludes halogenated alkanes) is 1. The number of hydrogen-bond donors (Lipinski definition) is 0. The zero-order valence-corrected chi connectivity index (χ0v) is 15.6. The molecule has 1 aromatic rings. The molecule has 21 heavy (non-hydrogen) atoms. The number of benzene rings is 1. The molecular formula is C20H30Si. The van der Waals surface area contributed by atoms with Gasteiger partial charge in [-0.1, -0.05) is 83.2 Å². The molecular weight excluding hydrogens is 268 g/mol. The van der Waals surface area contributed by atoms with Crippen LogP contribution in [0.3, 0.4) is 0 Å². The van der Waals surface area contributed by atoms with Gasteiger partial charge in [0.1, 0.15) is 8.07 Å². The van der Waals surface area contributed by atoms with Gasteiger partial charge in [-0.05, 0) is 40.2 Å². The van der Waals surface area contributed by atoms with Gasteiger partial charge >= 0.3 is 0 Å². The number of rotatable bonds is 5. The van der Waals surface area contributed by atoms with E-state index in [0.717, 1.165) is 0 Å². The lowest BCUT2D eigenvalue weighted by Crippen LogP contribution is -2.47. The highest BCUT2D eigenvalue weighted by Gasteiger charge is 2.35. The minimum Gasteiger partial charge on any atom is -0.0776 e. The molecule has 0 radical (unpaired) electrons. The zero-order valence-electron chi connectivity index (χ0n) is 14.6. The van der Waals surface area contributed by atoms with Gasteiger partial charge < -0.3 is 0 Å². The summed E-state index contributed by atoms with van der Waals surface area (Å²) in [6.07, 6.45) is 6.28. The smallest absolute Gasteiger partial charge is 0.0776 e. The fourth-order valence-corrected chi connectivity index (χ4v) is 8.40. The molecule has 1 aliphatic carbocycles. The van der Waals surface area contributed by atoms with Crippen LogP contribution in [0.4, 0.5) is 0 Å². The van der Waals surface area contributed by atoms with Crippen molar-refractivity contribution in [2.45, 2.75) is 66.5 Å². The highest BCUT2D eigenvalue weighted by Crippen LogP contribution is 2.35. The molecule has 0 aliphatic heterocycles. The molecule has 0 N–H and O–H groups in total. The summed E-state index contributed by atoms with van der Waals surface area (Å²) in [4.78, 5) is 0. The van der Waals surface area contributed by atoms with E-state index < -0.39 is 8.07 Å². The molecule has 0 nitrogen and oxygen atoms in total. The molecule has 0 saturated carbocycles. The van der Waals surface area contributed by atoms with Crippen molar-refractivity contribution in [3.05, 3.63) is 51.7 Å². The second-order valence-corrected chi connectivity index (χ2v) is 11.4. The normalized spacial score (nSPS) is 17.9. The second kappa shape index (κ2) is 6.35. The summed E-state index contributed by atoms with van der Waals surface area (Å²) in [7, 11) is -1.55. The summed E-state index contributed by atoms with van der Waals surface area (Å²) >= 11 is 0. The minimum absolute atomic E-state index is 1.19. The monoisotopic (exact) mass is 298 g/mol. The summed E-state index contributed by atoms with van der Waals surface area (Å²) in [5.74, 6) is 0. The van der Waals surface area contributed by atoms with Crippen molar-refractivity contribution in [2.75, 3.05) is 0 Å². The number of hydrogen-bond acceptors (Lipinski definition) is 0. The van der Waals surface area contributed by atoms with Gasteiger partial charge in [-0.15, -0.1) is 0 Å². The highest BCUT2D eigenvalue weighted by molar-refractivity contribution is 6.96. The van der Waals surface area contributed by atoms with Crippen molar-refractivity contribution in [2.24, 2.45) is 0 Å². The Bertz CT molecular complexity index is 572. The van der Waals surface area contributed by atoms with Gasteiger partial charge in [-0.25, -0.2) is 0 Å². The molecule has 114 valence electrons. The fourth-order valence-electron chi connectivity index (χ4n) is 3.73. The van der Waals surface area contributed by atoms with E-state index in [9.17, 15) is 0 Å². The van der Waals surface area contributed by atoms with E-state index in [1.807, 2.05) is 0 Å². The lowest BCUT2D eigenvalue weighted by molar-refractivity contribution is 0.869. The first-order valence-corrected chi connectivity index (χ1v) is 11.1. The molecule has 0 aromatic heterocycles. The molecule has 0 spiro atoms. The number of aryl methyl sites for hydroxylation is 2. The Labute approximate surface area is 132 Å². The van der Waals surface area contributed by atoms with Crippen LogP contribution in [0.1, 0.15) is 51.2 Å². The molecule has 0 saturated heterocycles. The predicted molar refractivity (Wildman–Crippen MR) is 98.0 cm³/mol. The van der Waals surface area contributed by atoms with Crippen LogP contribution in [0.25, 0.3) is 0 Å². The van der Waals surface area contributed by atoms with Crippen LogP contribution in [0.2, 0.25) is 12.6 Å². The van der Waals surface area contributed by atoms with E-state index in [1.54, 1.807) is 16.0 Å². The van der Waals surface area contributed by atoms with E-state index in [4.69, 9.17) is 0 Å². The molecule has 1 aliphatic rings. The molecule has 0 fully saturated rings. The topological polar surface area (TPSA) is 0 Å². The Balaban J connectivity index is 2.52. The van der Waals surface area contributed by atoms with Crippen molar-refractivity contribution in [1.29, 1.82) is 0 Å². The van der Waals surface area contributed by atoms with E-state index >= 15 is 0 Å². The van der Waals surface area contributed by atoms with E-state index in [1.165, 1.54) is 42.0 Å². The fraction of sp³-hybridized carbons (Fsp3) is 0.500. The Morgan fingerprint density at radius 2 is 1.62 bits per heavy atom. The van der Waals surface area contributed by atoms with Crippen molar-refractivity contribution in [1.82, 2.24) is 0 Å². The van der Waals surface area contributed by atoms with Crippen LogP contribution in [-0.4, -0.2) is 8.07 Å². The molecule has 1 heteroatoms. The second-order valence-electron chi connectivity index (χ2n) is 7.01. The molecule has 0 amide bonds. The van der Waals surface area contributed by atoms with Gasteiger partial charge in [-0.3, -0.25) is 0 Å². The summed E-state index contributed by atoms with van der Waals surface area (Å²) in [5, 5.41) is 3.42. The first-order valence-electron chi connectivity index (χ1n) is 8.34. The lowest BCUT2D eigenvalue weighted by Gasteiger charge is -2.32. The van der Waals surface area contributed by atoms with Gasteiger partial charge in [0.05, 0.1) is 0 Å². The first-order chi connectivity index (χ1) is 9.88. The van der Waals surface area contributed by atoms with Gasteiger partial charge in [0, 0.05) is 0 Å². The third kappa shape index (κ3) is 3.23. The van der Waals surface area contributed by atoms with Crippen LogP contribution in [0.5, 0.6) is 0 Å². The summed E-state index contributed by atoms with van der Waals surface area (Å²) in [6, 6.07) is 8.61. The minimum atomic E-state index is -1.55. The standard InChI is InChI=1S/C20H30Si/c1-7-8-11-21(6,20-10-9-17(4)18(20)5)19-13-15(2)12-16(3)14-19/h9,12-14H,7-8,10-11H2,1-6H3. The molecule has 0 bridgehead atoms. The van der Waals surface area contributed by atoms with Crippen molar-refractivity contribution in [3.8, 4) is 0 Å². The Morgan fingerprint density at radius 1 is 1.00 bits per heavy atom. The van der Waals surface area contributed by atoms with E-state index in [0.29, 0.717) is 0 Å². The average molecular weight is 299 g/mol. The Morgan fingerprint density at radius 3 is 2.10 bits per heavy atom. The first kappa shape index (κ1) is 16.3. The Hall–Kier alpha value is -1.08. The maximum Gasteiger partial charge on any atom is 0.111 e. The van der Waals surface area contributed by atoms with Gasteiger partial charge in [0.15, 0.2) is 0 Å². The van der Waals surface area contributed by atoms with Crippen LogP contribution in [-0.2, 0) is 0 Å². The quantitative estimate of drug-likeness (QED) is 0.621.